The average Bonchev–Trinajstić information content (AvgIpc) is 3.63. The zero-order valence-electron chi connectivity index (χ0n) is 29.4. The maximum absolute atomic E-state index is 14.2. The molecule has 17 heteroatoms. The molecule has 5 nitrogen and oxygen atoms in total. The summed E-state index contributed by atoms with van der Waals surface area (Å²) < 4.78 is 173. The molecule has 0 atom stereocenters. The first-order valence-corrected chi connectivity index (χ1v) is 16.9. The number of halogens is 12. The summed E-state index contributed by atoms with van der Waals surface area (Å²) in [6.45, 7) is 3.19. The van der Waals surface area contributed by atoms with Crippen molar-refractivity contribution in [3.8, 4) is 28.8 Å². The van der Waals surface area contributed by atoms with E-state index in [9.17, 15) is 57.9 Å². The van der Waals surface area contributed by atoms with E-state index < -0.39 is 52.5 Å². The summed E-state index contributed by atoms with van der Waals surface area (Å²) in [5.74, 6) is -0.0788. The molecule has 0 unspecified atom stereocenters. The molecule has 0 aliphatic rings. The zero-order valence-corrected chi connectivity index (χ0v) is 29.4. The third kappa shape index (κ3) is 6.32. The van der Waals surface area contributed by atoms with Crippen molar-refractivity contribution in [2.24, 2.45) is 0 Å². The van der Waals surface area contributed by atoms with Crippen LogP contribution in [-0.4, -0.2) is 19.1 Å². The minimum atomic E-state index is -4.94. The van der Waals surface area contributed by atoms with Gasteiger partial charge in [-0.1, -0.05) is 24.3 Å². The number of benzene rings is 5. The minimum absolute atomic E-state index is 0.0290. The van der Waals surface area contributed by atoms with Gasteiger partial charge in [-0.05, 0) is 80.6 Å². The average molecular weight is 812 g/mol. The number of rotatable bonds is 3. The Morgan fingerprint density at radius 1 is 0.448 bits per heavy atom. The molecule has 0 bridgehead atoms. The monoisotopic (exact) mass is 811 g/mol. The van der Waals surface area contributed by atoms with Crippen molar-refractivity contribution in [2.75, 3.05) is 0 Å². The Morgan fingerprint density at radius 3 is 1.00 bits per heavy atom. The van der Waals surface area contributed by atoms with Crippen molar-refractivity contribution in [2.45, 2.75) is 38.6 Å². The Labute approximate surface area is 318 Å². The van der Waals surface area contributed by atoms with Crippen molar-refractivity contribution in [1.82, 2.24) is 19.1 Å². The van der Waals surface area contributed by atoms with Crippen LogP contribution in [0.5, 0.6) is 0 Å². The molecule has 0 saturated heterocycles. The van der Waals surface area contributed by atoms with Gasteiger partial charge < -0.3 is 9.13 Å². The lowest BCUT2D eigenvalue weighted by atomic mass is 10.0. The third-order valence-corrected chi connectivity index (χ3v) is 9.78. The van der Waals surface area contributed by atoms with Gasteiger partial charge in [-0.25, -0.2) is 9.97 Å². The molecule has 0 aliphatic carbocycles. The molecule has 0 aliphatic heterocycles. The fourth-order valence-corrected chi connectivity index (χ4v) is 7.32. The first-order valence-electron chi connectivity index (χ1n) is 16.9. The largest absolute Gasteiger partial charge is 0.416 e. The van der Waals surface area contributed by atoms with Gasteiger partial charge in [0.25, 0.3) is 0 Å². The van der Waals surface area contributed by atoms with Gasteiger partial charge in [-0.15, -0.1) is 0 Å². The lowest BCUT2D eigenvalue weighted by Crippen LogP contribution is -2.09. The Morgan fingerprint density at radius 2 is 0.741 bits per heavy atom. The molecule has 0 amide bonds. The highest BCUT2D eigenvalue weighted by Crippen LogP contribution is 2.44. The highest BCUT2D eigenvalue weighted by Gasteiger charge is 2.36. The first-order chi connectivity index (χ1) is 27.0. The number of fused-ring (bicyclic) bond motifs is 6. The minimum Gasteiger partial charge on any atom is -0.308 e. The van der Waals surface area contributed by atoms with E-state index in [4.69, 9.17) is 0 Å². The molecule has 0 radical (unpaired) electrons. The quantitative estimate of drug-likeness (QED) is 0.167. The second kappa shape index (κ2) is 12.7. The molecule has 294 valence electrons. The maximum atomic E-state index is 14.2. The number of alkyl halides is 12. The zero-order chi connectivity index (χ0) is 41.9. The van der Waals surface area contributed by atoms with Crippen molar-refractivity contribution in [3.63, 3.8) is 0 Å². The van der Waals surface area contributed by atoms with Crippen LogP contribution in [-0.2, 0) is 24.7 Å². The Hall–Kier alpha value is -6.57. The molecule has 0 fully saturated rings. The number of nitrogens with zero attached hydrogens (tertiary/aromatic N) is 5. The highest BCUT2D eigenvalue weighted by molar-refractivity contribution is 6.11. The summed E-state index contributed by atoms with van der Waals surface area (Å²) in [7, 11) is 0. The van der Waals surface area contributed by atoms with E-state index in [1.807, 2.05) is 6.07 Å². The summed E-state index contributed by atoms with van der Waals surface area (Å²) in [6.07, 6.45) is -19.8. The molecule has 8 rings (SSSR count). The van der Waals surface area contributed by atoms with Crippen LogP contribution in [0.2, 0.25) is 0 Å². The molecule has 5 aromatic carbocycles. The van der Waals surface area contributed by atoms with E-state index in [1.54, 1.807) is 19.9 Å². The SMILES string of the molecule is Cc1cc(C)nc(-c2cc(-n3c4cc(C(F)(F)F)ccc4c4ccc(C(F)(F)F)cc43)c(C#N)c(-n3c4cc(C(F)(F)F)ccc4c4ccc(C(F)(F)F)cc43)c2)n1. The third-order valence-electron chi connectivity index (χ3n) is 9.78. The molecule has 0 spiro atoms. The maximum Gasteiger partial charge on any atom is 0.416 e. The lowest BCUT2D eigenvalue weighted by Gasteiger charge is -2.19. The molecular formula is C41H21F12N5. The summed E-state index contributed by atoms with van der Waals surface area (Å²) in [5.41, 5.74) is -6.55. The highest BCUT2D eigenvalue weighted by atomic mass is 19.4. The number of nitriles is 1. The summed E-state index contributed by atoms with van der Waals surface area (Å²) in [6, 6.07) is 15.8. The number of hydrogen-bond acceptors (Lipinski definition) is 3. The van der Waals surface area contributed by atoms with E-state index >= 15 is 0 Å². The van der Waals surface area contributed by atoms with Crippen LogP contribution in [0.4, 0.5) is 52.7 Å². The fourth-order valence-electron chi connectivity index (χ4n) is 7.32. The second-order valence-electron chi connectivity index (χ2n) is 13.6. The van der Waals surface area contributed by atoms with Crippen molar-refractivity contribution >= 4 is 43.6 Å². The van der Waals surface area contributed by atoms with Crippen LogP contribution in [0.3, 0.4) is 0 Å². The summed E-state index contributed by atoms with van der Waals surface area (Å²) >= 11 is 0. The number of aryl methyl sites for hydroxylation is 2. The van der Waals surface area contributed by atoms with Gasteiger partial charge in [0, 0.05) is 38.5 Å². The van der Waals surface area contributed by atoms with Crippen molar-refractivity contribution in [3.05, 3.63) is 130 Å². The number of aromatic nitrogens is 4. The van der Waals surface area contributed by atoms with Crippen LogP contribution in [0.1, 0.15) is 39.2 Å². The Bertz CT molecular complexity index is 2710. The molecule has 58 heavy (non-hydrogen) atoms. The smallest absolute Gasteiger partial charge is 0.308 e. The second-order valence-corrected chi connectivity index (χ2v) is 13.6. The predicted molar refractivity (Wildman–Crippen MR) is 190 cm³/mol. The van der Waals surface area contributed by atoms with Gasteiger partial charge in [0.2, 0.25) is 0 Å². The van der Waals surface area contributed by atoms with Crippen LogP contribution < -0.4 is 0 Å². The van der Waals surface area contributed by atoms with E-state index in [0.717, 1.165) is 57.7 Å². The van der Waals surface area contributed by atoms with Crippen LogP contribution in [0, 0.1) is 25.2 Å². The van der Waals surface area contributed by atoms with E-state index in [2.05, 4.69) is 9.97 Å². The summed E-state index contributed by atoms with van der Waals surface area (Å²) in [5, 5.41) is 11.1. The van der Waals surface area contributed by atoms with Gasteiger partial charge >= 0.3 is 24.7 Å². The lowest BCUT2D eigenvalue weighted by molar-refractivity contribution is -0.138. The van der Waals surface area contributed by atoms with Crippen LogP contribution in [0.15, 0.2) is 91.0 Å². The Kier molecular flexibility index (Phi) is 8.40. The molecular weight excluding hydrogens is 790 g/mol. The fraction of sp³-hybridized carbons (Fsp3) is 0.146. The molecule has 8 aromatic rings. The van der Waals surface area contributed by atoms with Gasteiger partial charge in [-0.2, -0.15) is 57.9 Å². The van der Waals surface area contributed by atoms with Gasteiger partial charge in [0.05, 0.1) is 55.7 Å². The summed E-state index contributed by atoms with van der Waals surface area (Å²) in [4.78, 5) is 8.86. The van der Waals surface area contributed by atoms with Gasteiger partial charge in [0.15, 0.2) is 5.82 Å². The number of hydrogen-bond donors (Lipinski definition) is 0. The first kappa shape index (κ1) is 38.3. The van der Waals surface area contributed by atoms with Crippen LogP contribution >= 0.6 is 0 Å². The van der Waals surface area contributed by atoms with Crippen molar-refractivity contribution < 1.29 is 52.7 Å². The molecule has 0 saturated carbocycles. The molecule has 0 N–H and O–H groups in total. The van der Waals surface area contributed by atoms with Gasteiger partial charge in [-0.3, -0.25) is 0 Å². The topological polar surface area (TPSA) is 59.4 Å². The van der Waals surface area contributed by atoms with E-state index in [1.165, 1.54) is 12.1 Å². The van der Waals surface area contributed by atoms with Crippen LogP contribution in [0.25, 0.3) is 66.4 Å². The van der Waals surface area contributed by atoms with E-state index in [-0.39, 0.29) is 66.4 Å². The predicted octanol–water partition coefficient (Wildman–Crippen LogP) is 12.9. The van der Waals surface area contributed by atoms with Gasteiger partial charge in [0.1, 0.15) is 11.6 Å². The standard InChI is InChI=1S/C41H21F12N5/c1-19-11-20(2)56-37(55-19)21-12-31(57-33-14-22(38(42,43)44)3-7-26(33)27-8-4-23(15-34(27)57)39(45,46)47)30(18-54)32(13-21)58-35-16-24(40(48,49)50)5-9-28(35)29-10-6-25(17-36(29)58)41(51,52)53/h3-17H,1-2H3. The van der Waals surface area contributed by atoms with E-state index in [0.29, 0.717) is 35.7 Å². The van der Waals surface area contributed by atoms with Crippen molar-refractivity contribution in [1.29, 1.82) is 5.26 Å². The normalized spacial score (nSPS) is 13.0. The molecule has 3 aromatic heterocycles. The molecule has 3 heterocycles. The Balaban J connectivity index is 1.61.